The molecular weight excluding hydrogens is 508 g/mol. The van der Waals surface area contributed by atoms with E-state index in [1.807, 2.05) is 0 Å². The number of pyridine rings is 1. The number of fused-ring (bicyclic) bond motifs is 1. The molecule has 0 spiro atoms. The Morgan fingerprint density at radius 1 is 1.23 bits per heavy atom. The number of rotatable bonds is 6. The van der Waals surface area contributed by atoms with Crippen molar-refractivity contribution in [1.29, 1.82) is 0 Å². The van der Waals surface area contributed by atoms with Crippen LogP contribution in [0, 0.1) is 0 Å². The number of H-pyrrole nitrogens is 1. The molecule has 13 heteroatoms. The molecule has 4 rings (SSSR count). The number of halogens is 5. The largest absolute Gasteiger partial charge is 0.410 e. The van der Waals surface area contributed by atoms with Crippen molar-refractivity contribution in [2.75, 3.05) is 23.7 Å². The molecule has 1 saturated heterocycles. The number of carbonyl (C=O) groups excluding carboxylic acids is 2. The first-order valence-electron chi connectivity index (χ1n) is 10.6. The van der Waals surface area contributed by atoms with Gasteiger partial charge in [0.2, 0.25) is 5.91 Å². The number of hydrogen-bond donors (Lipinski definition) is 4. The monoisotopic (exact) mass is 528 g/mol. The van der Waals surface area contributed by atoms with Gasteiger partial charge >= 0.3 is 6.18 Å². The van der Waals surface area contributed by atoms with E-state index >= 15 is 0 Å². The van der Waals surface area contributed by atoms with Crippen LogP contribution in [-0.4, -0.2) is 58.0 Å². The number of hydrogen-bond acceptors (Lipinski definition) is 5. The Morgan fingerprint density at radius 3 is 2.60 bits per heavy atom. The van der Waals surface area contributed by atoms with Gasteiger partial charge in [0.25, 0.3) is 5.91 Å². The fourth-order valence-corrected chi connectivity index (χ4v) is 4.83. The summed E-state index contributed by atoms with van der Waals surface area (Å²) in [6.07, 6.45) is -1.52. The molecule has 1 aromatic carbocycles. The smallest absolute Gasteiger partial charge is 0.379 e. The molecule has 3 heterocycles. The van der Waals surface area contributed by atoms with Crippen molar-refractivity contribution in [1.82, 2.24) is 14.9 Å². The molecular formula is C22H21Cl2F3N6O2. The number of piperidine rings is 1. The quantitative estimate of drug-likeness (QED) is 0.378. The number of benzene rings is 1. The van der Waals surface area contributed by atoms with E-state index in [0.717, 1.165) is 4.90 Å². The lowest BCUT2D eigenvalue weighted by molar-refractivity contribution is -0.197. The topological polar surface area (TPSA) is 116 Å². The Morgan fingerprint density at radius 2 is 1.94 bits per heavy atom. The second-order valence-corrected chi connectivity index (χ2v) is 9.00. The van der Waals surface area contributed by atoms with Gasteiger partial charge in [0.1, 0.15) is 11.7 Å². The van der Waals surface area contributed by atoms with Crippen molar-refractivity contribution in [3.8, 4) is 0 Å². The molecule has 2 aromatic heterocycles. The number of alkyl halides is 3. The molecule has 0 radical (unpaired) electrons. The van der Waals surface area contributed by atoms with E-state index in [9.17, 15) is 22.8 Å². The first kappa shape index (κ1) is 24.9. The van der Waals surface area contributed by atoms with E-state index in [0.29, 0.717) is 33.2 Å². The lowest BCUT2D eigenvalue weighted by atomic mass is 9.94. The van der Waals surface area contributed by atoms with Crippen LogP contribution >= 0.6 is 23.2 Å². The third-order valence-corrected chi connectivity index (χ3v) is 6.21. The van der Waals surface area contributed by atoms with Gasteiger partial charge in [0.15, 0.2) is 0 Å². The summed E-state index contributed by atoms with van der Waals surface area (Å²) in [4.78, 5) is 32.6. The summed E-state index contributed by atoms with van der Waals surface area (Å²) < 4.78 is 42.9. The number of carbonyl (C=O) groups is 2. The second-order valence-electron chi connectivity index (χ2n) is 8.13. The van der Waals surface area contributed by atoms with Crippen LogP contribution in [0.2, 0.25) is 10.0 Å². The summed E-state index contributed by atoms with van der Waals surface area (Å²) in [7, 11) is 0. The van der Waals surface area contributed by atoms with Crippen molar-refractivity contribution in [2.45, 2.75) is 31.1 Å². The highest BCUT2D eigenvalue weighted by Gasteiger charge is 2.51. The number of aromatic amines is 1. The molecule has 2 unspecified atom stereocenters. The van der Waals surface area contributed by atoms with Gasteiger partial charge in [0.05, 0.1) is 23.8 Å². The fraction of sp³-hybridized carbons (Fsp3) is 0.318. The average Bonchev–Trinajstić information content (AvgIpc) is 3.25. The SMILES string of the molecule is NC(=O)c1cnc2[nH]ccc2c1NC1CCCN(C(=O)CNc2cc(Cl)cc(Cl)c2)C1C(F)(F)F. The standard InChI is InChI=1S/C22H21Cl2F3N6O2/c23-11-6-12(24)8-13(7-11)30-10-17(34)33-5-1-2-16(19(33)22(25,26)27)32-18-14-3-4-29-21(14)31-9-15(18)20(28)35/h3-4,6-9,16,19,30H,1-2,5,10H2,(H2,28,35)(H2,29,31,32). The Balaban J connectivity index is 1.60. The van der Waals surface area contributed by atoms with Crippen LogP contribution in [0.4, 0.5) is 24.5 Å². The van der Waals surface area contributed by atoms with E-state index in [1.165, 1.54) is 24.4 Å². The van der Waals surface area contributed by atoms with Crippen molar-refractivity contribution >= 4 is 57.4 Å². The summed E-state index contributed by atoms with van der Waals surface area (Å²) >= 11 is 11.9. The normalized spacial score (nSPS) is 18.5. The van der Waals surface area contributed by atoms with Crippen molar-refractivity contribution in [3.05, 3.63) is 52.3 Å². The minimum Gasteiger partial charge on any atom is -0.379 e. The molecule has 186 valence electrons. The summed E-state index contributed by atoms with van der Waals surface area (Å²) in [6, 6.07) is 2.77. The van der Waals surface area contributed by atoms with Crippen LogP contribution in [0.3, 0.4) is 0 Å². The molecule has 3 aromatic rings. The Bertz CT molecular complexity index is 1250. The summed E-state index contributed by atoms with van der Waals surface area (Å²) in [5.74, 6) is -1.58. The number of primary amides is 1. The van der Waals surface area contributed by atoms with Gasteiger partial charge in [-0.3, -0.25) is 9.59 Å². The van der Waals surface area contributed by atoms with Crippen molar-refractivity contribution in [3.63, 3.8) is 0 Å². The molecule has 5 N–H and O–H groups in total. The summed E-state index contributed by atoms with van der Waals surface area (Å²) in [5, 5.41) is 6.71. The molecule has 35 heavy (non-hydrogen) atoms. The zero-order valence-electron chi connectivity index (χ0n) is 18.1. The highest BCUT2D eigenvalue weighted by molar-refractivity contribution is 6.35. The van der Waals surface area contributed by atoms with Crippen LogP contribution in [0.25, 0.3) is 11.0 Å². The molecule has 0 saturated carbocycles. The molecule has 0 aliphatic carbocycles. The van der Waals surface area contributed by atoms with Gasteiger partial charge in [-0.1, -0.05) is 23.2 Å². The second kappa shape index (κ2) is 9.82. The first-order valence-corrected chi connectivity index (χ1v) is 11.4. The van der Waals surface area contributed by atoms with Crippen molar-refractivity contribution < 1.29 is 22.8 Å². The van der Waals surface area contributed by atoms with Crippen LogP contribution in [0.1, 0.15) is 23.2 Å². The average molecular weight is 529 g/mol. The minimum atomic E-state index is -4.73. The van der Waals surface area contributed by atoms with Gasteiger partial charge in [-0.2, -0.15) is 13.2 Å². The van der Waals surface area contributed by atoms with Gasteiger partial charge in [0, 0.05) is 40.1 Å². The Labute approximate surface area is 208 Å². The fourth-order valence-electron chi connectivity index (χ4n) is 4.30. The number of nitrogens with one attached hydrogen (secondary N) is 3. The third kappa shape index (κ3) is 5.40. The molecule has 1 aliphatic rings. The maximum atomic E-state index is 14.3. The summed E-state index contributed by atoms with van der Waals surface area (Å²) in [6.45, 7) is -0.461. The van der Waals surface area contributed by atoms with Gasteiger partial charge in [-0.25, -0.2) is 4.98 Å². The predicted molar refractivity (Wildman–Crippen MR) is 128 cm³/mol. The molecule has 2 amide bonds. The van der Waals surface area contributed by atoms with E-state index in [-0.39, 0.29) is 30.8 Å². The lowest BCUT2D eigenvalue weighted by Gasteiger charge is -2.43. The molecule has 0 bridgehead atoms. The lowest BCUT2D eigenvalue weighted by Crippen LogP contribution is -2.61. The predicted octanol–water partition coefficient (Wildman–Crippen LogP) is 4.41. The minimum absolute atomic E-state index is 0.0408. The maximum Gasteiger partial charge on any atom is 0.410 e. The highest BCUT2D eigenvalue weighted by Crippen LogP contribution is 2.36. The number of aromatic nitrogens is 2. The van der Waals surface area contributed by atoms with E-state index in [2.05, 4.69) is 20.6 Å². The number of nitrogens with two attached hydrogens (primary N) is 1. The van der Waals surface area contributed by atoms with Gasteiger partial charge in [-0.15, -0.1) is 0 Å². The number of amides is 2. The van der Waals surface area contributed by atoms with Gasteiger partial charge < -0.3 is 26.3 Å². The number of likely N-dealkylation sites (tertiary alicyclic amines) is 1. The van der Waals surface area contributed by atoms with Crippen molar-refractivity contribution in [2.24, 2.45) is 5.73 Å². The highest BCUT2D eigenvalue weighted by atomic mass is 35.5. The zero-order chi connectivity index (χ0) is 25.3. The zero-order valence-corrected chi connectivity index (χ0v) is 19.6. The van der Waals surface area contributed by atoms with Crippen LogP contribution in [-0.2, 0) is 4.79 Å². The molecule has 1 aliphatic heterocycles. The van der Waals surface area contributed by atoms with E-state index in [1.54, 1.807) is 12.3 Å². The summed E-state index contributed by atoms with van der Waals surface area (Å²) in [5.41, 5.74) is 6.34. The first-order chi connectivity index (χ1) is 16.5. The Kier molecular flexibility index (Phi) is 7.00. The maximum absolute atomic E-state index is 14.3. The van der Waals surface area contributed by atoms with E-state index in [4.69, 9.17) is 28.9 Å². The molecule has 8 nitrogen and oxygen atoms in total. The number of anilines is 2. The van der Waals surface area contributed by atoms with Crippen LogP contribution in [0.15, 0.2) is 36.7 Å². The molecule has 1 fully saturated rings. The number of nitrogens with zero attached hydrogens (tertiary/aromatic N) is 2. The van der Waals surface area contributed by atoms with Crippen LogP contribution in [0.5, 0.6) is 0 Å². The van der Waals surface area contributed by atoms with Gasteiger partial charge in [-0.05, 0) is 37.1 Å². The van der Waals surface area contributed by atoms with E-state index < -0.39 is 30.1 Å². The Hall–Kier alpha value is -3.18. The molecule has 2 atom stereocenters. The third-order valence-electron chi connectivity index (χ3n) is 5.77. The van der Waals surface area contributed by atoms with Crippen LogP contribution < -0.4 is 16.4 Å².